The smallest absolute Gasteiger partial charge is 0.295 e. The van der Waals surface area contributed by atoms with Crippen molar-refractivity contribution >= 4 is 17.4 Å². The summed E-state index contributed by atoms with van der Waals surface area (Å²) < 4.78 is 10.9. The third kappa shape index (κ3) is 4.74. The number of nitrogens with zero attached hydrogens (tertiary/aromatic N) is 1. The van der Waals surface area contributed by atoms with E-state index in [1.165, 1.54) is 0 Å². The molecular weight excluding hydrogens is 394 g/mol. The van der Waals surface area contributed by atoms with Crippen molar-refractivity contribution in [3.05, 3.63) is 65.2 Å². The summed E-state index contributed by atoms with van der Waals surface area (Å²) in [5.74, 6) is -0.146. The van der Waals surface area contributed by atoms with Crippen molar-refractivity contribution in [1.82, 2.24) is 4.90 Å². The summed E-state index contributed by atoms with van der Waals surface area (Å²) in [6.07, 6.45) is 2.54. The fourth-order valence-corrected chi connectivity index (χ4v) is 3.68. The second-order valence-electron chi connectivity index (χ2n) is 7.50. The molecule has 1 N–H and O–H groups in total. The van der Waals surface area contributed by atoms with Crippen LogP contribution in [0.5, 0.6) is 11.5 Å². The minimum atomic E-state index is -0.673. The van der Waals surface area contributed by atoms with Crippen molar-refractivity contribution in [2.45, 2.75) is 39.2 Å². The van der Waals surface area contributed by atoms with Crippen LogP contribution >= 0.6 is 0 Å². The van der Waals surface area contributed by atoms with E-state index in [1.54, 1.807) is 48.4 Å². The van der Waals surface area contributed by atoms with Crippen molar-refractivity contribution in [2.24, 2.45) is 0 Å². The minimum Gasteiger partial charge on any atom is -0.507 e. The molecule has 1 saturated heterocycles. The molecule has 31 heavy (non-hydrogen) atoms. The van der Waals surface area contributed by atoms with Gasteiger partial charge in [0.1, 0.15) is 17.3 Å². The first-order valence-corrected chi connectivity index (χ1v) is 10.7. The van der Waals surface area contributed by atoms with Crippen LogP contribution in [0.2, 0.25) is 0 Å². The third-order valence-corrected chi connectivity index (χ3v) is 5.30. The predicted octanol–water partition coefficient (Wildman–Crippen LogP) is 4.71. The Kier molecular flexibility index (Phi) is 7.34. The summed E-state index contributed by atoms with van der Waals surface area (Å²) in [5, 5.41) is 11.1. The number of unbranched alkanes of at least 4 members (excludes halogenated alkanes) is 1. The number of amides is 1. The molecule has 1 heterocycles. The van der Waals surface area contributed by atoms with Crippen LogP contribution in [-0.4, -0.2) is 42.0 Å². The molecule has 2 aromatic carbocycles. The van der Waals surface area contributed by atoms with Crippen molar-refractivity contribution < 1.29 is 24.2 Å². The Hall–Kier alpha value is -3.28. The summed E-state index contributed by atoms with van der Waals surface area (Å²) in [4.78, 5) is 27.4. The van der Waals surface area contributed by atoms with Crippen molar-refractivity contribution in [3.63, 3.8) is 0 Å². The van der Waals surface area contributed by atoms with Crippen LogP contribution in [0.1, 0.15) is 50.3 Å². The highest BCUT2D eigenvalue weighted by Crippen LogP contribution is 2.40. The molecule has 0 saturated carbocycles. The molecule has 1 fully saturated rings. The van der Waals surface area contributed by atoms with Crippen LogP contribution in [0, 0.1) is 0 Å². The van der Waals surface area contributed by atoms with E-state index in [1.807, 2.05) is 26.0 Å². The first-order chi connectivity index (χ1) is 15.0. The van der Waals surface area contributed by atoms with Crippen molar-refractivity contribution in [3.8, 4) is 11.5 Å². The molecule has 1 aliphatic heterocycles. The van der Waals surface area contributed by atoms with Gasteiger partial charge in [0, 0.05) is 12.1 Å². The number of ketones is 1. The van der Waals surface area contributed by atoms with Crippen LogP contribution in [0.25, 0.3) is 5.76 Å². The van der Waals surface area contributed by atoms with E-state index in [9.17, 15) is 14.7 Å². The maximum atomic E-state index is 13.0. The van der Waals surface area contributed by atoms with Gasteiger partial charge in [-0.1, -0.05) is 32.4 Å². The third-order valence-electron chi connectivity index (χ3n) is 5.30. The van der Waals surface area contributed by atoms with Gasteiger partial charge in [-0.25, -0.2) is 0 Å². The Morgan fingerprint density at radius 1 is 1.03 bits per heavy atom. The Bertz CT molecular complexity index is 964. The number of rotatable bonds is 9. The van der Waals surface area contributed by atoms with E-state index in [0.717, 1.165) is 24.8 Å². The molecule has 0 aliphatic carbocycles. The molecule has 164 valence electrons. The second-order valence-corrected chi connectivity index (χ2v) is 7.50. The lowest BCUT2D eigenvalue weighted by Gasteiger charge is -2.25. The van der Waals surface area contributed by atoms with Gasteiger partial charge in [0.2, 0.25) is 0 Å². The maximum absolute atomic E-state index is 13.0. The van der Waals surface area contributed by atoms with Gasteiger partial charge >= 0.3 is 0 Å². The van der Waals surface area contributed by atoms with Crippen molar-refractivity contribution in [2.75, 3.05) is 20.3 Å². The standard InChI is InChI=1S/C25H29NO5/c1-4-6-14-26-22(18-8-7-9-20(16-18)30-3)21(24(28)25(26)29)23(27)17-10-12-19(13-11-17)31-15-5-2/h7-13,16,22,27H,4-6,14-15H2,1-3H3/b23-21-. The first kappa shape index (κ1) is 22.4. The predicted molar refractivity (Wildman–Crippen MR) is 119 cm³/mol. The van der Waals surface area contributed by atoms with E-state index < -0.39 is 17.7 Å². The number of hydrogen-bond donors (Lipinski definition) is 1. The van der Waals surface area contributed by atoms with E-state index in [-0.39, 0.29) is 11.3 Å². The largest absolute Gasteiger partial charge is 0.507 e. The summed E-state index contributed by atoms with van der Waals surface area (Å²) in [5.41, 5.74) is 1.28. The highest BCUT2D eigenvalue weighted by molar-refractivity contribution is 6.46. The molecule has 3 rings (SSSR count). The number of benzene rings is 2. The molecule has 0 bridgehead atoms. The molecule has 1 aliphatic rings. The number of aliphatic hydroxyl groups is 1. The maximum Gasteiger partial charge on any atom is 0.295 e. The Balaban J connectivity index is 2.07. The molecule has 1 unspecified atom stereocenters. The molecule has 0 spiro atoms. The summed E-state index contributed by atoms with van der Waals surface area (Å²) in [7, 11) is 1.56. The Morgan fingerprint density at radius 3 is 2.42 bits per heavy atom. The molecule has 1 amide bonds. The van der Waals surface area contributed by atoms with Crippen molar-refractivity contribution in [1.29, 1.82) is 0 Å². The van der Waals surface area contributed by atoms with Crippen LogP contribution < -0.4 is 9.47 Å². The number of carbonyl (C=O) groups excluding carboxylic acids is 2. The highest BCUT2D eigenvalue weighted by atomic mass is 16.5. The molecular formula is C25H29NO5. The normalized spacial score (nSPS) is 17.8. The average molecular weight is 424 g/mol. The van der Waals surface area contributed by atoms with E-state index in [2.05, 4.69) is 0 Å². The first-order valence-electron chi connectivity index (χ1n) is 10.7. The quantitative estimate of drug-likeness (QED) is 0.359. The molecule has 0 aromatic heterocycles. The summed E-state index contributed by atoms with van der Waals surface area (Å²) in [6.45, 7) is 5.09. The zero-order valence-electron chi connectivity index (χ0n) is 18.3. The van der Waals surface area contributed by atoms with Crippen LogP contribution in [0.15, 0.2) is 54.1 Å². The molecule has 1 atom stereocenters. The number of methoxy groups -OCH3 is 1. The van der Waals surface area contributed by atoms with Gasteiger partial charge in [0.25, 0.3) is 11.7 Å². The molecule has 6 nitrogen and oxygen atoms in total. The van der Waals surface area contributed by atoms with Gasteiger partial charge in [-0.3, -0.25) is 9.59 Å². The minimum absolute atomic E-state index is 0.0941. The Morgan fingerprint density at radius 2 is 1.77 bits per heavy atom. The molecule has 0 radical (unpaired) electrons. The lowest BCUT2D eigenvalue weighted by atomic mass is 9.95. The number of ether oxygens (including phenoxy) is 2. The SMILES string of the molecule is CCCCN1C(=O)C(=O)/C(=C(\O)c2ccc(OCCC)cc2)C1c1cccc(OC)c1. The van der Waals surface area contributed by atoms with Crippen LogP contribution in [-0.2, 0) is 9.59 Å². The lowest BCUT2D eigenvalue weighted by molar-refractivity contribution is -0.139. The summed E-state index contributed by atoms with van der Waals surface area (Å²) in [6, 6.07) is 13.5. The van der Waals surface area contributed by atoms with Gasteiger partial charge < -0.3 is 19.5 Å². The zero-order chi connectivity index (χ0) is 22.4. The zero-order valence-corrected chi connectivity index (χ0v) is 18.3. The van der Waals surface area contributed by atoms with Gasteiger partial charge in [-0.2, -0.15) is 0 Å². The Labute approximate surface area is 183 Å². The van der Waals surface area contributed by atoms with Gasteiger partial charge in [0.05, 0.1) is 25.3 Å². The fourth-order valence-electron chi connectivity index (χ4n) is 3.68. The lowest BCUT2D eigenvalue weighted by Crippen LogP contribution is -2.30. The molecule has 2 aromatic rings. The second kappa shape index (κ2) is 10.2. The number of carbonyl (C=O) groups is 2. The molecule has 6 heteroatoms. The number of likely N-dealkylation sites (tertiary alicyclic amines) is 1. The van der Waals surface area contributed by atoms with Gasteiger partial charge in [0.15, 0.2) is 0 Å². The van der Waals surface area contributed by atoms with E-state index in [4.69, 9.17) is 9.47 Å². The fraction of sp³-hybridized carbons (Fsp3) is 0.360. The summed E-state index contributed by atoms with van der Waals surface area (Å²) >= 11 is 0. The number of aliphatic hydroxyl groups excluding tert-OH is 1. The monoisotopic (exact) mass is 423 g/mol. The van der Waals surface area contributed by atoms with Crippen LogP contribution in [0.4, 0.5) is 0 Å². The number of Topliss-reactive ketones (excluding diaryl/α,β-unsaturated/α-hetero) is 1. The topological polar surface area (TPSA) is 76.1 Å². The average Bonchev–Trinajstić information content (AvgIpc) is 3.06. The highest BCUT2D eigenvalue weighted by Gasteiger charge is 2.45. The number of hydrogen-bond acceptors (Lipinski definition) is 5. The van der Waals surface area contributed by atoms with E-state index >= 15 is 0 Å². The van der Waals surface area contributed by atoms with Gasteiger partial charge in [-0.05, 0) is 54.8 Å². The van der Waals surface area contributed by atoms with Gasteiger partial charge in [-0.15, -0.1) is 0 Å². The van der Waals surface area contributed by atoms with E-state index in [0.29, 0.717) is 30.2 Å². The van der Waals surface area contributed by atoms with Crippen LogP contribution in [0.3, 0.4) is 0 Å².